The van der Waals surface area contributed by atoms with Crippen molar-refractivity contribution in [3.63, 3.8) is 0 Å². The number of aliphatic hydroxyl groups is 1. The van der Waals surface area contributed by atoms with Crippen molar-refractivity contribution in [2.24, 2.45) is 0 Å². The molecule has 0 bridgehead atoms. The molecule has 0 aliphatic heterocycles. The van der Waals surface area contributed by atoms with Crippen LogP contribution in [0.4, 0.5) is 10.5 Å². The van der Waals surface area contributed by atoms with Gasteiger partial charge in [-0.15, -0.1) is 0 Å². The van der Waals surface area contributed by atoms with Crippen LogP contribution in [0.15, 0.2) is 30.3 Å². The molecule has 96 valence electrons. The number of carbonyl (C=O) groups excluding carboxylic acids is 1. The molecule has 1 saturated carbocycles. The minimum atomic E-state index is -0.150. The number of rotatable bonds is 4. The molecule has 0 atom stereocenters. The molecule has 1 aromatic rings. The molecule has 4 heteroatoms. The van der Waals surface area contributed by atoms with Crippen molar-refractivity contribution in [1.82, 2.24) is 5.32 Å². The largest absolute Gasteiger partial charge is 0.392 e. The summed E-state index contributed by atoms with van der Waals surface area (Å²) in [5, 5.41) is 14.4. The van der Waals surface area contributed by atoms with E-state index in [1.807, 2.05) is 30.3 Å². The Labute approximate surface area is 107 Å². The van der Waals surface area contributed by atoms with Crippen LogP contribution in [0.5, 0.6) is 0 Å². The lowest BCUT2D eigenvalue weighted by Gasteiger charge is -2.26. The van der Waals surface area contributed by atoms with Gasteiger partial charge in [-0.25, -0.2) is 4.79 Å². The average molecular weight is 246 g/mol. The van der Waals surface area contributed by atoms with Gasteiger partial charge in [0.05, 0.1) is 6.61 Å². The molecule has 0 radical (unpaired) electrons. The van der Waals surface area contributed by atoms with Crippen molar-refractivity contribution < 1.29 is 9.90 Å². The molecule has 1 aromatic carbocycles. The second-order valence-corrected chi connectivity index (χ2v) is 4.44. The van der Waals surface area contributed by atoms with Crippen molar-refractivity contribution in [2.75, 3.05) is 11.9 Å². The van der Waals surface area contributed by atoms with E-state index in [0.29, 0.717) is 6.04 Å². The summed E-state index contributed by atoms with van der Waals surface area (Å²) < 4.78 is 0. The monoisotopic (exact) mass is 246 g/mol. The molecule has 0 unspecified atom stereocenters. The van der Waals surface area contributed by atoms with E-state index in [9.17, 15) is 4.79 Å². The molecule has 1 fully saturated rings. The molecule has 0 saturated heterocycles. The van der Waals surface area contributed by atoms with Gasteiger partial charge in [-0.1, -0.05) is 24.3 Å². The summed E-state index contributed by atoms with van der Waals surface area (Å²) in [6.45, 7) is 0.0137. The molecule has 0 spiro atoms. The quantitative estimate of drug-likeness (QED) is 0.763. The van der Waals surface area contributed by atoms with E-state index in [2.05, 4.69) is 10.6 Å². The number of hydrogen-bond donors (Lipinski definition) is 3. The molecule has 4 nitrogen and oxygen atoms in total. The zero-order valence-corrected chi connectivity index (χ0v) is 10.2. The van der Waals surface area contributed by atoms with Gasteiger partial charge in [-0.05, 0) is 37.0 Å². The molecule has 2 rings (SSSR count). The first-order valence-corrected chi connectivity index (χ1v) is 6.23. The van der Waals surface area contributed by atoms with Crippen LogP contribution in [0.1, 0.15) is 24.8 Å². The normalized spacial score (nSPS) is 15.4. The maximum Gasteiger partial charge on any atom is 0.319 e. The smallest absolute Gasteiger partial charge is 0.319 e. The first-order chi connectivity index (χ1) is 8.78. The molecule has 18 heavy (non-hydrogen) atoms. The maximum atomic E-state index is 11.7. The predicted molar refractivity (Wildman–Crippen MR) is 72.4 cm³/mol. The minimum absolute atomic E-state index is 0.0137. The molecule has 2 amide bonds. The Morgan fingerprint density at radius 2 is 2.28 bits per heavy atom. The van der Waals surface area contributed by atoms with Crippen LogP contribution < -0.4 is 10.6 Å². The van der Waals surface area contributed by atoms with Crippen LogP contribution in [0.25, 0.3) is 6.08 Å². The van der Waals surface area contributed by atoms with Crippen LogP contribution in [0, 0.1) is 0 Å². The summed E-state index contributed by atoms with van der Waals surface area (Å²) in [6.07, 6.45) is 6.83. The van der Waals surface area contributed by atoms with Crippen LogP contribution in [-0.4, -0.2) is 23.8 Å². The van der Waals surface area contributed by atoms with E-state index >= 15 is 0 Å². The highest BCUT2D eigenvalue weighted by atomic mass is 16.2. The Balaban J connectivity index is 1.91. The highest BCUT2D eigenvalue weighted by Gasteiger charge is 2.19. The molecular formula is C14H18N2O2. The minimum Gasteiger partial charge on any atom is -0.392 e. The Morgan fingerprint density at radius 1 is 1.44 bits per heavy atom. The summed E-state index contributed by atoms with van der Waals surface area (Å²) in [4.78, 5) is 11.7. The fraction of sp³-hybridized carbons (Fsp3) is 0.357. The van der Waals surface area contributed by atoms with Crippen molar-refractivity contribution in [3.05, 3.63) is 35.9 Å². The number of hydrogen-bond acceptors (Lipinski definition) is 2. The second-order valence-electron chi connectivity index (χ2n) is 4.44. The second kappa shape index (κ2) is 6.21. The van der Waals surface area contributed by atoms with Crippen molar-refractivity contribution in [1.29, 1.82) is 0 Å². The first kappa shape index (κ1) is 12.6. The average Bonchev–Trinajstić information content (AvgIpc) is 2.32. The molecule has 0 heterocycles. The van der Waals surface area contributed by atoms with Crippen LogP contribution in [-0.2, 0) is 0 Å². The molecule has 1 aliphatic carbocycles. The third kappa shape index (κ3) is 3.60. The summed E-state index contributed by atoms with van der Waals surface area (Å²) in [7, 11) is 0. The van der Waals surface area contributed by atoms with Gasteiger partial charge in [0.2, 0.25) is 0 Å². The third-order valence-corrected chi connectivity index (χ3v) is 3.00. The van der Waals surface area contributed by atoms with E-state index in [4.69, 9.17) is 5.11 Å². The van der Waals surface area contributed by atoms with Gasteiger partial charge in [0.1, 0.15) is 0 Å². The Kier molecular flexibility index (Phi) is 4.36. The lowest BCUT2D eigenvalue weighted by Crippen LogP contribution is -2.41. The zero-order valence-electron chi connectivity index (χ0n) is 10.2. The highest BCUT2D eigenvalue weighted by molar-refractivity contribution is 5.89. The van der Waals surface area contributed by atoms with E-state index in [1.165, 1.54) is 6.42 Å². The lowest BCUT2D eigenvalue weighted by molar-refractivity contribution is 0.240. The van der Waals surface area contributed by atoms with Gasteiger partial charge in [0.25, 0.3) is 0 Å². The standard InChI is InChI=1S/C14H18N2O2/c17-9-3-5-11-4-1-8-13(10-11)16-14(18)15-12-6-2-7-12/h1,3-5,8,10,12,17H,2,6-7,9H2,(H2,15,16,18)/b5-3+. The van der Waals surface area contributed by atoms with E-state index in [0.717, 1.165) is 24.1 Å². The van der Waals surface area contributed by atoms with Gasteiger partial charge in [-0.2, -0.15) is 0 Å². The Hall–Kier alpha value is -1.81. The SMILES string of the molecule is O=C(Nc1cccc(/C=C/CO)c1)NC1CCC1. The zero-order chi connectivity index (χ0) is 12.8. The van der Waals surface area contributed by atoms with Crippen molar-refractivity contribution in [2.45, 2.75) is 25.3 Å². The van der Waals surface area contributed by atoms with Gasteiger partial charge in [0.15, 0.2) is 0 Å². The Morgan fingerprint density at radius 3 is 2.94 bits per heavy atom. The number of urea groups is 1. The van der Waals surface area contributed by atoms with Crippen LogP contribution >= 0.6 is 0 Å². The number of aliphatic hydroxyl groups excluding tert-OH is 1. The summed E-state index contributed by atoms with van der Waals surface area (Å²) in [5.41, 5.74) is 1.71. The molecular weight excluding hydrogens is 228 g/mol. The van der Waals surface area contributed by atoms with E-state index < -0.39 is 0 Å². The topological polar surface area (TPSA) is 61.4 Å². The number of amides is 2. The fourth-order valence-corrected chi connectivity index (χ4v) is 1.81. The maximum absolute atomic E-state index is 11.7. The van der Waals surface area contributed by atoms with E-state index in [1.54, 1.807) is 6.08 Å². The molecule has 1 aliphatic rings. The van der Waals surface area contributed by atoms with E-state index in [-0.39, 0.29) is 12.6 Å². The summed E-state index contributed by atoms with van der Waals surface area (Å²) in [6, 6.07) is 7.69. The fourth-order valence-electron chi connectivity index (χ4n) is 1.81. The van der Waals surface area contributed by atoms with Crippen molar-refractivity contribution >= 4 is 17.8 Å². The number of carbonyl (C=O) groups is 1. The predicted octanol–water partition coefficient (Wildman–Crippen LogP) is 2.37. The van der Waals surface area contributed by atoms with Gasteiger partial charge < -0.3 is 15.7 Å². The number of nitrogens with one attached hydrogen (secondary N) is 2. The van der Waals surface area contributed by atoms with Gasteiger partial charge >= 0.3 is 6.03 Å². The van der Waals surface area contributed by atoms with Crippen LogP contribution in [0.3, 0.4) is 0 Å². The molecule has 3 N–H and O–H groups in total. The van der Waals surface area contributed by atoms with Gasteiger partial charge in [0, 0.05) is 11.7 Å². The summed E-state index contributed by atoms with van der Waals surface area (Å²) >= 11 is 0. The Bertz CT molecular complexity index is 439. The third-order valence-electron chi connectivity index (χ3n) is 3.00. The van der Waals surface area contributed by atoms with Crippen LogP contribution in [0.2, 0.25) is 0 Å². The molecule has 0 aromatic heterocycles. The lowest BCUT2D eigenvalue weighted by atomic mass is 9.93. The van der Waals surface area contributed by atoms with Gasteiger partial charge in [-0.3, -0.25) is 0 Å². The number of benzene rings is 1. The highest BCUT2D eigenvalue weighted by Crippen LogP contribution is 2.18. The first-order valence-electron chi connectivity index (χ1n) is 6.23. The number of anilines is 1. The summed E-state index contributed by atoms with van der Waals surface area (Å²) in [5.74, 6) is 0. The van der Waals surface area contributed by atoms with Crippen molar-refractivity contribution in [3.8, 4) is 0 Å².